The fourth-order valence-electron chi connectivity index (χ4n) is 1.22. The minimum Gasteiger partial charge on any atom is -0.396 e. The third-order valence-corrected chi connectivity index (χ3v) is 2.00. The summed E-state index contributed by atoms with van der Waals surface area (Å²) in [6, 6.07) is 0.0799. The number of methoxy groups -OCH3 is 1. The molecule has 0 aromatic heterocycles. The Hall–Kier alpha value is -0.200. The summed E-state index contributed by atoms with van der Waals surface area (Å²) >= 11 is 0. The zero-order chi connectivity index (χ0) is 11.5. The van der Waals surface area contributed by atoms with E-state index in [9.17, 15) is 5.11 Å². The summed E-state index contributed by atoms with van der Waals surface area (Å²) in [4.78, 5) is 0. The SMILES string of the molecule is CCOCC(O)CNC(CCO)COC. The average molecular weight is 221 g/mol. The van der Waals surface area contributed by atoms with Crippen LogP contribution in [-0.2, 0) is 9.47 Å². The summed E-state index contributed by atoms with van der Waals surface area (Å²) in [6.07, 6.45) is 0.109. The minimum atomic E-state index is -0.511. The van der Waals surface area contributed by atoms with Gasteiger partial charge in [0, 0.05) is 32.9 Å². The highest BCUT2D eigenvalue weighted by molar-refractivity contribution is 4.68. The van der Waals surface area contributed by atoms with Crippen molar-refractivity contribution in [3.05, 3.63) is 0 Å². The molecule has 5 nitrogen and oxygen atoms in total. The Morgan fingerprint density at radius 3 is 2.60 bits per heavy atom. The monoisotopic (exact) mass is 221 g/mol. The number of ether oxygens (including phenoxy) is 2. The van der Waals surface area contributed by atoms with Gasteiger partial charge in [0.25, 0.3) is 0 Å². The standard InChI is InChI=1S/C10H23NO4/c1-3-15-8-10(13)6-11-9(4-5-12)7-14-2/h9-13H,3-8H2,1-2H3. The fraction of sp³-hybridized carbons (Fsp3) is 1.00. The second-order valence-corrected chi connectivity index (χ2v) is 3.39. The van der Waals surface area contributed by atoms with Crippen LogP contribution in [0.1, 0.15) is 13.3 Å². The predicted molar refractivity (Wildman–Crippen MR) is 57.9 cm³/mol. The number of hydrogen-bond acceptors (Lipinski definition) is 5. The lowest BCUT2D eigenvalue weighted by atomic mass is 10.2. The molecule has 2 unspecified atom stereocenters. The van der Waals surface area contributed by atoms with Gasteiger partial charge >= 0.3 is 0 Å². The maximum Gasteiger partial charge on any atom is 0.0897 e. The molecular weight excluding hydrogens is 198 g/mol. The summed E-state index contributed by atoms with van der Waals surface area (Å²) in [5.74, 6) is 0. The van der Waals surface area contributed by atoms with Gasteiger partial charge in [0.1, 0.15) is 0 Å². The molecule has 3 N–H and O–H groups in total. The Kier molecular flexibility index (Phi) is 10.2. The van der Waals surface area contributed by atoms with Crippen molar-refractivity contribution in [2.75, 3.05) is 40.1 Å². The van der Waals surface area contributed by atoms with Gasteiger partial charge in [-0.1, -0.05) is 0 Å². The molecule has 0 fully saturated rings. The van der Waals surface area contributed by atoms with E-state index in [1.807, 2.05) is 6.92 Å². The Bertz CT molecular complexity index is 129. The third kappa shape index (κ3) is 8.77. The summed E-state index contributed by atoms with van der Waals surface area (Å²) in [5, 5.41) is 21.4. The quantitative estimate of drug-likeness (QED) is 0.458. The van der Waals surface area contributed by atoms with Crippen LogP contribution in [0, 0.1) is 0 Å². The molecule has 0 aliphatic carbocycles. The zero-order valence-electron chi connectivity index (χ0n) is 9.61. The summed E-state index contributed by atoms with van der Waals surface area (Å²) < 4.78 is 10.1. The first-order chi connectivity index (χ1) is 7.24. The van der Waals surface area contributed by atoms with E-state index in [0.717, 1.165) is 0 Å². The number of rotatable bonds is 10. The number of aliphatic hydroxyl groups is 2. The Morgan fingerprint density at radius 1 is 1.33 bits per heavy atom. The van der Waals surface area contributed by atoms with Crippen molar-refractivity contribution >= 4 is 0 Å². The molecule has 0 aromatic carbocycles. The topological polar surface area (TPSA) is 71.0 Å². The molecule has 2 atom stereocenters. The van der Waals surface area contributed by atoms with Crippen LogP contribution in [0.25, 0.3) is 0 Å². The molecule has 0 heterocycles. The molecule has 5 heteroatoms. The summed E-state index contributed by atoms with van der Waals surface area (Å²) in [7, 11) is 1.61. The first kappa shape index (κ1) is 14.8. The lowest BCUT2D eigenvalue weighted by Crippen LogP contribution is -2.40. The molecular formula is C10H23NO4. The molecule has 0 radical (unpaired) electrons. The van der Waals surface area contributed by atoms with E-state index >= 15 is 0 Å². The number of aliphatic hydroxyl groups excluding tert-OH is 2. The van der Waals surface area contributed by atoms with Crippen LogP contribution < -0.4 is 5.32 Å². The minimum absolute atomic E-state index is 0.0799. The van der Waals surface area contributed by atoms with Crippen LogP contribution in [-0.4, -0.2) is 62.4 Å². The average Bonchev–Trinajstić information content (AvgIpc) is 2.23. The zero-order valence-corrected chi connectivity index (χ0v) is 9.61. The van der Waals surface area contributed by atoms with E-state index in [-0.39, 0.29) is 12.6 Å². The maximum absolute atomic E-state index is 9.47. The van der Waals surface area contributed by atoms with Crippen LogP contribution >= 0.6 is 0 Å². The van der Waals surface area contributed by atoms with Crippen LogP contribution in [0.15, 0.2) is 0 Å². The molecule has 92 valence electrons. The second-order valence-electron chi connectivity index (χ2n) is 3.39. The van der Waals surface area contributed by atoms with Gasteiger partial charge in [0.15, 0.2) is 0 Å². The van der Waals surface area contributed by atoms with E-state index in [1.54, 1.807) is 7.11 Å². The van der Waals surface area contributed by atoms with Gasteiger partial charge in [-0.15, -0.1) is 0 Å². The van der Waals surface area contributed by atoms with Crippen molar-refractivity contribution in [3.63, 3.8) is 0 Å². The maximum atomic E-state index is 9.47. The predicted octanol–water partition coefficient (Wildman–Crippen LogP) is -0.629. The highest BCUT2D eigenvalue weighted by Crippen LogP contribution is 1.93. The highest BCUT2D eigenvalue weighted by atomic mass is 16.5. The molecule has 0 spiro atoms. The summed E-state index contributed by atoms with van der Waals surface area (Å²) in [5.41, 5.74) is 0. The molecule has 0 rings (SSSR count). The van der Waals surface area contributed by atoms with Crippen LogP contribution in [0.5, 0.6) is 0 Å². The fourth-order valence-corrected chi connectivity index (χ4v) is 1.22. The molecule has 0 saturated carbocycles. The Balaban J connectivity index is 3.57. The highest BCUT2D eigenvalue weighted by Gasteiger charge is 2.10. The second kappa shape index (κ2) is 10.3. The molecule has 0 aromatic rings. The molecule has 0 amide bonds. The van der Waals surface area contributed by atoms with E-state index in [0.29, 0.717) is 32.8 Å². The van der Waals surface area contributed by atoms with Gasteiger partial charge < -0.3 is 25.0 Å². The first-order valence-electron chi connectivity index (χ1n) is 5.33. The van der Waals surface area contributed by atoms with Gasteiger partial charge in [-0.3, -0.25) is 0 Å². The van der Waals surface area contributed by atoms with Crippen LogP contribution in [0.4, 0.5) is 0 Å². The van der Waals surface area contributed by atoms with Crippen molar-refractivity contribution in [2.45, 2.75) is 25.5 Å². The van der Waals surface area contributed by atoms with Crippen molar-refractivity contribution in [1.82, 2.24) is 5.32 Å². The molecule has 15 heavy (non-hydrogen) atoms. The normalized spacial score (nSPS) is 15.2. The molecule has 0 aliphatic heterocycles. The smallest absolute Gasteiger partial charge is 0.0897 e. The van der Waals surface area contributed by atoms with E-state index in [1.165, 1.54) is 0 Å². The van der Waals surface area contributed by atoms with Crippen molar-refractivity contribution < 1.29 is 19.7 Å². The molecule has 0 aliphatic rings. The largest absolute Gasteiger partial charge is 0.396 e. The van der Waals surface area contributed by atoms with Crippen LogP contribution in [0.3, 0.4) is 0 Å². The van der Waals surface area contributed by atoms with Crippen molar-refractivity contribution in [2.24, 2.45) is 0 Å². The first-order valence-corrected chi connectivity index (χ1v) is 5.33. The Morgan fingerprint density at radius 2 is 2.07 bits per heavy atom. The summed E-state index contributed by atoms with van der Waals surface area (Å²) in [6.45, 7) is 3.93. The lowest BCUT2D eigenvalue weighted by molar-refractivity contribution is 0.0383. The van der Waals surface area contributed by atoms with E-state index < -0.39 is 6.10 Å². The molecule has 0 saturated heterocycles. The van der Waals surface area contributed by atoms with Crippen LogP contribution in [0.2, 0.25) is 0 Å². The van der Waals surface area contributed by atoms with Gasteiger partial charge in [0.05, 0.1) is 19.3 Å². The van der Waals surface area contributed by atoms with E-state index in [2.05, 4.69) is 5.32 Å². The van der Waals surface area contributed by atoms with Gasteiger partial charge in [-0.25, -0.2) is 0 Å². The van der Waals surface area contributed by atoms with E-state index in [4.69, 9.17) is 14.6 Å². The van der Waals surface area contributed by atoms with Crippen molar-refractivity contribution in [3.8, 4) is 0 Å². The Labute approximate surface area is 91.4 Å². The van der Waals surface area contributed by atoms with Gasteiger partial charge in [-0.05, 0) is 13.3 Å². The number of nitrogens with one attached hydrogen (secondary N) is 1. The third-order valence-electron chi connectivity index (χ3n) is 2.00. The van der Waals surface area contributed by atoms with Gasteiger partial charge in [-0.2, -0.15) is 0 Å². The van der Waals surface area contributed by atoms with Gasteiger partial charge in [0.2, 0.25) is 0 Å². The lowest BCUT2D eigenvalue weighted by Gasteiger charge is -2.19. The number of hydrogen-bond donors (Lipinski definition) is 3. The van der Waals surface area contributed by atoms with Crippen molar-refractivity contribution in [1.29, 1.82) is 0 Å². The molecule has 0 bridgehead atoms.